The van der Waals surface area contributed by atoms with Crippen molar-refractivity contribution in [3.8, 4) is 6.07 Å². The number of likely N-dealkylation sites (tertiary alicyclic amines) is 1. The first-order chi connectivity index (χ1) is 12.2. The Kier molecular flexibility index (Phi) is 6.47. The van der Waals surface area contributed by atoms with Gasteiger partial charge in [-0.3, -0.25) is 9.69 Å². The normalized spacial score (nSPS) is 22.3. The molecule has 25 heavy (non-hydrogen) atoms. The Hall–Kier alpha value is -1.86. The van der Waals surface area contributed by atoms with E-state index in [0.29, 0.717) is 5.92 Å². The van der Waals surface area contributed by atoms with E-state index in [1.807, 2.05) is 18.2 Å². The Morgan fingerprint density at radius 3 is 2.84 bits per heavy atom. The highest BCUT2D eigenvalue weighted by Gasteiger charge is 2.24. The summed E-state index contributed by atoms with van der Waals surface area (Å²) >= 11 is 0. The average molecular weight is 339 g/mol. The molecular formula is C21H29N3O. The number of hydrogen-bond acceptors (Lipinski definition) is 3. The van der Waals surface area contributed by atoms with E-state index in [1.54, 1.807) is 0 Å². The number of piperidine rings is 1. The van der Waals surface area contributed by atoms with Crippen LogP contribution in [0.3, 0.4) is 0 Å². The van der Waals surface area contributed by atoms with Crippen LogP contribution in [0.1, 0.15) is 56.1 Å². The second kappa shape index (κ2) is 9.01. The van der Waals surface area contributed by atoms with E-state index in [2.05, 4.69) is 22.4 Å². The SMILES string of the molecule is N#Cc1cccc(CN2CCC[C@@H](CNC(=O)C3CCCCC3)C2)c1. The number of carbonyl (C=O) groups is 1. The largest absolute Gasteiger partial charge is 0.356 e. The van der Waals surface area contributed by atoms with Crippen molar-refractivity contribution in [3.63, 3.8) is 0 Å². The van der Waals surface area contributed by atoms with Crippen molar-refractivity contribution in [2.45, 2.75) is 51.5 Å². The number of nitrogens with zero attached hydrogens (tertiary/aromatic N) is 2. The van der Waals surface area contributed by atoms with E-state index in [4.69, 9.17) is 5.26 Å². The van der Waals surface area contributed by atoms with E-state index in [9.17, 15) is 4.79 Å². The van der Waals surface area contributed by atoms with Crippen LogP contribution in [0.25, 0.3) is 0 Å². The van der Waals surface area contributed by atoms with Gasteiger partial charge in [0.1, 0.15) is 0 Å². The predicted molar refractivity (Wildman–Crippen MR) is 98.7 cm³/mol. The summed E-state index contributed by atoms with van der Waals surface area (Å²) in [7, 11) is 0. The topological polar surface area (TPSA) is 56.1 Å². The molecule has 1 amide bonds. The van der Waals surface area contributed by atoms with E-state index >= 15 is 0 Å². The molecule has 3 rings (SSSR count). The van der Waals surface area contributed by atoms with Crippen LogP contribution in [0.5, 0.6) is 0 Å². The molecule has 1 heterocycles. The molecule has 2 aliphatic rings. The van der Waals surface area contributed by atoms with Crippen molar-refractivity contribution in [2.75, 3.05) is 19.6 Å². The zero-order valence-electron chi connectivity index (χ0n) is 15.0. The smallest absolute Gasteiger partial charge is 0.223 e. The first-order valence-electron chi connectivity index (χ1n) is 9.73. The van der Waals surface area contributed by atoms with E-state index < -0.39 is 0 Å². The Morgan fingerprint density at radius 1 is 1.20 bits per heavy atom. The van der Waals surface area contributed by atoms with Crippen LogP contribution in [0, 0.1) is 23.2 Å². The minimum absolute atomic E-state index is 0.252. The molecule has 0 unspecified atom stereocenters. The molecule has 134 valence electrons. The van der Waals surface area contributed by atoms with Crippen LogP contribution in [-0.2, 0) is 11.3 Å². The van der Waals surface area contributed by atoms with Crippen molar-refractivity contribution in [1.82, 2.24) is 10.2 Å². The lowest BCUT2D eigenvalue weighted by Crippen LogP contribution is -2.42. The third kappa shape index (κ3) is 5.31. The Bertz CT molecular complexity index is 616. The average Bonchev–Trinajstić information content (AvgIpc) is 2.67. The fourth-order valence-corrected chi connectivity index (χ4v) is 4.21. The van der Waals surface area contributed by atoms with Crippen molar-refractivity contribution in [1.29, 1.82) is 5.26 Å². The number of carbonyl (C=O) groups excluding carboxylic acids is 1. The highest BCUT2D eigenvalue weighted by atomic mass is 16.1. The summed E-state index contributed by atoms with van der Waals surface area (Å²) in [5.74, 6) is 1.07. The van der Waals surface area contributed by atoms with Crippen LogP contribution >= 0.6 is 0 Å². The number of benzene rings is 1. The van der Waals surface area contributed by atoms with Gasteiger partial charge >= 0.3 is 0 Å². The molecule has 1 aliphatic carbocycles. The number of amides is 1. The molecule has 1 aromatic rings. The molecule has 1 saturated heterocycles. The standard InChI is InChI=1S/C21H29N3O/c22-13-17-6-4-7-18(12-17)15-24-11-5-8-19(16-24)14-23-21(25)20-9-2-1-3-10-20/h4,6-7,12,19-20H,1-3,5,8-11,14-16H2,(H,23,25)/t19-/m0/s1. The first kappa shape index (κ1) is 17.9. The van der Waals surface area contributed by atoms with Crippen LogP contribution in [0.2, 0.25) is 0 Å². The summed E-state index contributed by atoms with van der Waals surface area (Å²) in [5, 5.41) is 12.3. The molecule has 4 heteroatoms. The van der Waals surface area contributed by atoms with Gasteiger partial charge in [0.2, 0.25) is 5.91 Å². The first-order valence-corrected chi connectivity index (χ1v) is 9.73. The number of rotatable bonds is 5. The Labute approximate surface area is 151 Å². The zero-order valence-corrected chi connectivity index (χ0v) is 15.0. The summed E-state index contributed by atoms with van der Waals surface area (Å²) in [6.45, 7) is 3.83. The van der Waals surface area contributed by atoms with Gasteiger partial charge < -0.3 is 5.32 Å². The van der Waals surface area contributed by atoms with Crippen LogP contribution in [0.4, 0.5) is 0 Å². The van der Waals surface area contributed by atoms with Crippen molar-refractivity contribution in [2.24, 2.45) is 11.8 Å². The predicted octanol–water partition coefficient (Wildman–Crippen LogP) is 3.47. The van der Waals surface area contributed by atoms with Crippen LogP contribution in [0.15, 0.2) is 24.3 Å². The van der Waals surface area contributed by atoms with Gasteiger partial charge in [-0.05, 0) is 55.8 Å². The van der Waals surface area contributed by atoms with E-state index in [0.717, 1.165) is 44.6 Å². The maximum Gasteiger partial charge on any atom is 0.223 e. The highest BCUT2D eigenvalue weighted by molar-refractivity contribution is 5.78. The summed E-state index contributed by atoms with van der Waals surface area (Å²) in [4.78, 5) is 14.8. The molecule has 0 bridgehead atoms. The summed E-state index contributed by atoms with van der Waals surface area (Å²) in [5.41, 5.74) is 1.93. The molecule has 1 aliphatic heterocycles. The van der Waals surface area contributed by atoms with Crippen LogP contribution < -0.4 is 5.32 Å². The van der Waals surface area contributed by atoms with Gasteiger partial charge in [0.05, 0.1) is 11.6 Å². The lowest BCUT2D eigenvalue weighted by Gasteiger charge is -2.33. The second-order valence-electron chi connectivity index (χ2n) is 7.64. The third-order valence-corrected chi connectivity index (χ3v) is 5.61. The van der Waals surface area contributed by atoms with Gasteiger partial charge in [0.25, 0.3) is 0 Å². The van der Waals surface area contributed by atoms with E-state index in [-0.39, 0.29) is 11.8 Å². The van der Waals surface area contributed by atoms with Crippen molar-refractivity contribution >= 4 is 5.91 Å². The minimum Gasteiger partial charge on any atom is -0.356 e. The van der Waals surface area contributed by atoms with Gasteiger partial charge in [0.15, 0.2) is 0 Å². The van der Waals surface area contributed by atoms with Crippen molar-refractivity contribution < 1.29 is 4.79 Å². The van der Waals surface area contributed by atoms with Crippen LogP contribution in [-0.4, -0.2) is 30.4 Å². The van der Waals surface area contributed by atoms with Gasteiger partial charge in [-0.1, -0.05) is 31.4 Å². The molecule has 1 aromatic carbocycles. The fraction of sp³-hybridized carbons (Fsp3) is 0.619. The fourth-order valence-electron chi connectivity index (χ4n) is 4.21. The summed E-state index contributed by atoms with van der Waals surface area (Å²) < 4.78 is 0. The quantitative estimate of drug-likeness (QED) is 0.894. The second-order valence-corrected chi connectivity index (χ2v) is 7.64. The molecule has 2 fully saturated rings. The molecule has 1 atom stereocenters. The Morgan fingerprint density at radius 2 is 2.04 bits per heavy atom. The molecule has 0 spiro atoms. The molecule has 1 N–H and O–H groups in total. The summed E-state index contributed by atoms with van der Waals surface area (Å²) in [6.07, 6.45) is 8.21. The maximum atomic E-state index is 12.3. The van der Waals surface area contributed by atoms with Gasteiger partial charge in [-0.15, -0.1) is 0 Å². The van der Waals surface area contributed by atoms with E-state index in [1.165, 1.54) is 37.7 Å². The Balaban J connectivity index is 1.46. The van der Waals surface area contributed by atoms with Gasteiger partial charge in [0, 0.05) is 25.6 Å². The maximum absolute atomic E-state index is 12.3. The molecule has 4 nitrogen and oxygen atoms in total. The highest BCUT2D eigenvalue weighted by Crippen LogP contribution is 2.24. The lowest BCUT2D eigenvalue weighted by molar-refractivity contribution is -0.126. The molecule has 0 radical (unpaired) electrons. The molecule has 0 aromatic heterocycles. The van der Waals surface area contributed by atoms with Crippen molar-refractivity contribution in [3.05, 3.63) is 35.4 Å². The third-order valence-electron chi connectivity index (χ3n) is 5.61. The summed E-state index contributed by atoms with van der Waals surface area (Å²) in [6, 6.07) is 10.1. The lowest BCUT2D eigenvalue weighted by atomic mass is 9.88. The number of nitrogens with one attached hydrogen (secondary N) is 1. The van der Waals surface area contributed by atoms with Gasteiger partial charge in [-0.2, -0.15) is 5.26 Å². The minimum atomic E-state index is 0.252. The number of nitriles is 1. The molecule has 1 saturated carbocycles. The zero-order chi connectivity index (χ0) is 17.5. The number of hydrogen-bond donors (Lipinski definition) is 1. The van der Waals surface area contributed by atoms with Gasteiger partial charge in [-0.25, -0.2) is 0 Å². The molecular weight excluding hydrogens is 310 g/mol. The monoisotopic (exact) mass is 339 g/mol.